The third-order valence-corrected chi connectivity index (χ3v) is 9.39. The zero-order valence-electron chi connectivity index (χ0n) is 20.5. The van der Waals surface area contributed by atoms with Crippen molar-refractivity contribution in [1.82, 2.24) is 15.0 Å². The number of nitrogens with one attached hydrogen (secondary N) is 1. The summed E-state index contributed by atoms with van der Waals surface area (Å²) in [4.78, 5) is 5.22. The predicted octanol–water partition coefficient (Wildman–Crippen LogP) is 9.49. The Morgan fingerprint density at radius 1 is 0.921 bits per heavy atom. The average molecular weight is 602 g/mol. The molecule has 6 rings (SSSR count). The molecule has 4 aromatic rings. The molecule has 9 heteroatoms. The third kappa shape index (κ3) is 4.73. The highest BCUT2D eigenvalue weighted by Gasteiger charge is 2.52. The van der Waals surface area contributed by atoms with E-state index in [2.05, 4.69) is 29.0 Å². The molecule has 0 saturated heterocycles. The van der Waals surface area contributed by atoms with Crippen LogP contribution >= 0.6 is 58.2 Å². The zero-order chi connectivity index (χ0) is 26.4. The molecule has 1 aromatic heterocycles. The van der Waals surface area contributed by atoms with Gasteiger partial charge in [0.25, 0.3) is 0 Å². The number of hydrogen-bond donors (Lipinski definition) is 1. The highest BCUT2D eigenvalue weighted by Crippen LogP contribution is 2.55. The van der Waals surface area contributed by atoms with Gasteiger partial charge in [-0.25, -0.2) is 4.98 Å². The van der Waals surface area contributed by atoms with Crippen LogP contribution in [0.15, 0.2) is 71.8 Å². The van der Waals surface area contributed by atoms with Crippen LogP contribution in [0.1, 0.15) is 48.5 Å². The Labute approximate surface area is 246 Å². The summed E-state index contributed by atoms with van der Waals surface area (Å²) in [6.07, 6.45) is 3.94. The smallest absolute Gasteiger partial charge is 0.146 e. The summed E-state index contributed by atoms with van der Waals surface area (Å²) in [6, 6.07) is 21.5. The Hall–Kier alpha value is -2.15. The maximum absolute atomic E-state index is 6.71. The number of rotatable bonds is 7. The van der Waals surface area contributed by atoms with E-state index in [9.17, 15) is 0 Å². The van der Waals surface area contributed by atoms with Gasteiger partial charge in [0.05, 0.1) is 10.7 Å². The van der Waals surface area contributed by atoms with Gasteiger partial charge in [-0.15, -0.1) is 0 Å². The second kappa shape index (κ2) is 10.4. The van der Waals surface area contributed by atoms with E-state index in [0.29, 0.717) is 15.1 Å². The summed E-state index contributed by atoms with van der Waals surface area (Å²) < 4.78 is 2.19. The summed E-state index contributed by atoms with van der Waals surface area (Å²) in [6.45, 7) is 2.18. The predicted molar refractivity (Wildman–Crippen MR) is 161 cm³/mol. The number of halogens is 4. The third-order valence-electron chi connectivity index (χ3n) is 7.06. The van der Waals surface area contributed by atoms with Gasteiger partial charge in [0, 0.05) is 37.4 Å². The van der Waals surface area contributed by atoms with Gasteiger partial charge in [-0.2, -0.15) is 5.10 Å². The number of benzene rings is 3. The van der Waals surface area contributed by atoms with Gasteiger partial charge in [0.2, 0.25) is 0 Å². The van der Waals surface area contributed by atoms with Crippen LogP contribution in [0.4, 0.5) is 0 Å². The fourth-order valence-electron chi connectivity index (χ4n) is 5.02. The molecule has 1 aliphatic carbocycles. The maximum atomic E-state index is 6.71. The normalized spacial score (nSPS) is 17.8. The minimum absolute atomic E-state index is 0.0526. The molecule has 1 fully saturated rings. The van der Waals surface area contributed by atoms with Gasteiger partial charge >= 0.3 is 0 Å². The Morgan fingerprint density at radius 2 is 1.58 bits per heavy atom. The monoisotopic (exact) mass is 600 g/mol. The molecule has 1 saturated carbocycles. The Bertz CT molecular complexity index is 1530. The molecular weight excluding hydrogens is 578 g/mol. The van der Waals surface area contributed by atoms with Gasteiger partial charge in [0.15, 0.2) is 0 Å². The van der Waals surface area contributed by atoms with Crippen molar-refractivity contribution in [3.05, 3.63) is 104 Å². The van der Waals surface area contributed by atoms with Crippen LogP contribution in [0.25, 0.3) is 17.1 Å². The topological polar surface area (TPSA) is 42.2 Å². The largest absolute Gasteiger partial charge is 0.296 e. The van der Waals surface area contributed by atoms with E-state index in [1.807, 2.05) is 48.5 Å². The van der Waals surface area contributed by atoms with Crippen molar-refractivity contribution >= 4 is 63.2 Å². The van der Waals surface area contributed by atoms with E-state index in [1.54, 1.807) is 17.8 Å². The van der Waals surface area contributed by atoms with Crippen molar-refractivity contribution in [3.63, 3.8) is 0 Å². The number of hydrazone groups is 1. The molecule has 0 spiro atoms. The maximum Gasteiger partial charge on any atom is 0.146 e. The molecule has 1 atom stereocenters. The molecule has 4 nitrogen and oxygen atoms in total. The van der Waals surface area contributed by atoms with E-state index in [1.165, 1.54) is 5.56 Å². The van der Waals surface area contributed by atoms with Crippen LogP contribution in [0, 0.1) is 0 Å². The van der Waals surface area contributed by atoms with E-state index < -0.39 is 0 Å². The summed E-state index contributed by atoms with van der Waals surface area (Å²) in [7, 11) is 0. The molecule has 2 aliphatic rings. The van der Waals surface area contributed by atoms with Crippen molar-refractivity contribution in [2.75, 3.05) is 0 Å². The fraction of sp³-hybridized carbons (Fsp3) is 0.241. The van der Waals surface area contributed by atoms with Crippen LogP contribution in [-0.4, -0.2) is 14.6 Å². The van der Waals surface area contributed by atoms with Crippen molar-refractivity contribution in [2.45, 2.75) is 43.4 Å². The van der Waals surface area contributed by atoms with Crippen molar-refractivity contribution < 1.29 is 0 Å². The lowest BCUT2D eigenvalue weighted by atomic mass is 9.97. The first-order chi connectivity index (χ1) is 18.4. The van der Waals surface area contributed by atoms with Crippen LogP contribution < -0.4 is 5.43 Å². The van der Waals surface area contributed by atoms with Crippen molar-refractivity contribution in [3.8, 4) is 17.1 Å². The van der Waals surface area contributed by atoms with Crippen molar-refractivity contribution in [2.24, 2.45) is 5.10 Å². The van der Waals surface area contributed by atoms with Crippen LogP contribution in [0.3, 0.4) is 0 Å². The molecule has 0 amide bonds. The number of thioether (sulfide) groups is 1. The Morgan fingerprint density at radius 3 is 2.21 bits per heavy atom. The first kappa shape index (κ1) is 26.1. The minimum Gasteiger partial charge on any atom is -0.296 e. The number of nitrogens with zero attached hydrogens (tertiary/aromatic N) is 3. The zero-order valence-corrected chi connectivity index (χ0v) is 24.4. The standard InChI is InChI=1S/C29H24Cl4N4S/c1-2-3-24-25(27-35-36-28(38-27)29(14-15-29)17-4-6-18(30)7-5-17)34-26(22-13-10-20(32)16-23(22)33)37(24)21-11-8-19(31)9-12-21/h4-13,16,27,35H,2-3,14-15H2,1H3. The molecule has 194 valence electrons. The SMILES string of the molecule is CCCc1c(C2NN=C(C3(c4ccc(Cl)cc4)CC3)S2)nc(-c2ccc(Cl)cc2Cl)n1-c1ccc(Cl)cc1. The fourth-order valence-corrected chi connectivity index (χ4v) is 7.04. The minimum atomic E-state index is -0.116. The molecule has 0 radical (unpaired) electrons. The average Bonchev–Trinajstić information content (AvgIpc) is 3.41. The highest BCUT2D eigenvalue weighted by molar-refractivity contribution is 8.14. The number of aromatic nitrogens is 2. The summed E-state index contributed by atoms with van der Waals surface area (Å²) in [5, 5.41) is 8.38. The van der Waals surface area contributed by atoms with Crippen LogP contribution in [-0.2, 0) is 11.8 Å². The highest BCUT2D eigenvalue weighted by atomic mass is 35.5. The van der Waals surface area contributed by atoms with Crippen LogP contribution in [0.2, 0.25) is 20.1 Å². The van der Waals surface area contributed by atoms with Gasteiger partial charge < -0.3 is 0 Å². The Kier molecular flexibility index (Phi) is 7.17. The molecule has 1 unspecified atom stereocenters. The van der Waals surface area contributed by atoms with E-state index in [4.69, 9.17) is 56.5 Å². The second-order valence-electron chi connectivity index (χ2n) is 9.59. The van der Waals surface area contributed by atoms with E-state index >= 15 is 0 Å². The van der Waals surface area contributed by atoms with Gasteiger partial charge in [-0.3, -0.25) is 9.99 Å². The molecular formula is C29H24Cl4N4S. The first-order valence-electron chi connectivity index (χ1n) is 12.5. The summed E-state index contributed by atoms with van der Waals surface area (Å²) >= 11 is 27.1. The van der Waals surface area contributed by atoms with Crippen LogP contribution in [0.5, 0.6) is 0 Å². The lowest BCUT2D eigenvalue weighted by Gasteiger charge is -2.16. The lowest BCUT2D eigenvalue weighted by Crippen LogP contribution is -2.16. The first-order valence-corrected chi connectivity index (χ1v) is 14.9. The second-order valence-corrected chi connectivity index (χ2v) is 12.4. The molecule has 0 bridgehead atoms. The number of hydrogen-bond acceptors (Lipinski definition) is 4. The van der Waals surface area contributed by atoms with E-state index in [0.717, 1.165) is 64.2 Å². The molecule has 1 N–H and O–H groups in total. The molecule has 2 heterocycles. The quantitative estimate of drug-likeness (QED) is 0.229. The molecule has 3 aromatic carbocycles. The molecule has 38 heavy (non-hydrogen) atoms. The van der Waals surface area contributed by atoms with Gasteiger partial charge in [0.1, 0.15) is 16.2 Å². The summed E-state index contributed by atoms with van der Waals surface area (Å²) in [5.74, 6) is 0.766. The summed E-state index contributed by atoms with van der Waals surface area (Å²) in [5.41, 5.74) is 8.47. The van der Waals surface area contributed by atoms with E-state index in [-0.39, 0.29) is 10.8 Å². The van der Waals surface area contributed by atoms with Gasteiger partial charge in [-0.05, 0) is 79.4 Å². The number of imidazole rings is 1. The Balaban J connectivity index is 1.43. The van der Waals surface area contributed by atoms with Crippen molar-refractivity contribution in [1.29, 1.82) is 0 Å². The molecule has 1 aliphatic heterocycles. The van der Waals surface area contributed by atoms with Gasteiger partial charge in [-0.1, -0.05) is 83.6 Å². The lowest BCUT2D eigenvalue weighted by molar-refractivity contribution is 0.707.